The Hall–Kier alpha value is -1.55. The Morgan fingerprint density at radius 1 is 1.10 bits per heavy atom. The summed E-state index contributed by atoms with van der Waals surface area (Å²) in [4.78, 5) is 2.99. The van der Waals surface area contributed by atoms with Gasteiger partial charge in [0.15, 0.2) is 5.75 Å². The SMILES string of the molecule is O=[P+](Oc1ccccc1)Oc1cc2c(Cl)c(Br)ccc2[nH]1. The zero-order valence-corrected chi connectivity index (χ0v) is 13.8. The first-order valence-corrected chi connectivity index (χ1v) is 8.25. The first kappa shape index (κ1) is 14.4. The standard InChI is InChI=1S/C14H9BrClNO3P/c15-11-6-7-12-10(14(11)16)8-13(17-12)20-21(18)19-9-4-2-1-3-5-9/h1-8,17H/q+1. The van der Waals surface area contributed by atoms with Gasteiger partial charge in [-0.2, -0.15) is 0 Å². The van der Waals surface area contributed by atoms with E-state index in [1.165, 1.54) is 0 Å². The molecule has 0 amide bonds. The molecule has 0 aliphatic rings. The van der Waals surface area contributed by atoms with Crippen molar-refractivity contribution in [2.45, 2.75) is 0 Å². The van der Waals surface area contributed by atoms with E-state index in [0.29, 0.717) is 16.7 Å². The normalized spacial score (nSPS) is 11.4. The molecule has 0 fully saturated rings. The van der Waals surface area contributed by atoms with Crippen LogP contribution in [-0.2, 0) is 4.57 Å². The highest BCUT2D eigenvalue weighted by atomic mass is 79.9. The third kappa shape index (κ3) is 3.21. The third-order valence-electron chi connectivity index (χ3n) is 2.76. The molecule has 7 heteroatoms. The Kier molecular flexibility index (Phi) is 4.15. The molecule has 0 saturated carbocycles. The summed E-state index contributed by atoms with van der Waals surface area (Å²) in [6.45, 7) is 0. The topological polar surface area (TPSA) is 51.3 Å². The van der Waals surface area contributed by atoms with Crippen LogP contribution in [0.15, 0.2) is 53.0 Å². The minimum atomic E-state index is -2.32. The summed E-state index contributed by atoms with van der Waals surface area (Å²) in [5, 5.41) is 1.35. The lowest BCUT2D eigenvalue weighted by Crippen LogP contribution is -1.88. The van der Waals surface area contributed by atoms with Gasteiger partial charge >= 0.3 is 8.25 Å². The predicted octanol–water partition coefficient (Wildman–Crippen LogP) is 5.70. The largest absolute Gasteiger partial charge is 0.807 e. The molecule has 106 valence electrons. The van der Waals surface area contributed by atoms with E-state index >= 15 is 0 Å². The smallest absolute Gasteiger partial charge is 0.321 e. The molecule has 0 radical (unpaired) electrons. The number of fused-ring (bicyclic) bond motifs is 1. The molecule has 3 aromatic rings. The van der Waals surface area contributed by atoms with Crippen LogP contribution in [0, 0.1) is 0 Å². The molecule has 0 aliphatic carbocycles. The quantitative estimate of drug-likeness (QED) is 0.586. The molecule has 4 nitrogen and oxygen atoms in total. The minimum Gasteiger partial charge on any atom is -0.321 e. The summed E-state index contributed by atoms with van der Waals surface area (Å²) in [6.07, 6.45) is 0. The van der Waals surface area contributed by atoms with Crippen molar-refractivity contribution in [1.82, 2.24) is 4.98 Å². The molecule has 21 heavy (non-hydrogen) atoms. The Bertz CT molecular complexity index is 807. The minimum absolute atomic E-state index is 0.335. The fraction of sp³-hybridized carbons (Fsp3) is 0. The van der Waals surface area contributed by atoms with Gasteiger partial charge in [-0.05, 0) is 40.2 Å². The zero-order chi connectivity index (χ0) is 14.8. The van der Waals surface area contributed by atoms with E-state index in [9.17, 15) is 4.57 Å². The second kappa shape index (κ2) is 6.06. The Morgan fingerprint density at radius 2 is 1.86 bits per heavy atom. The van der Waals surface area contributed by atoms with Gasteiger partial charge < -0.3 is 4.98 Å². The van der Waals surface area contributed by atoms with Crippen LogP contribution in [0.3, 0.4) is 0 Å². The number of benzene rings is 2. The number of aromatic nitrogens is 1. The Morgan fingerprint density at radius 3 is 2.62 bits per heavy atom. The van der Waals surface area contributed by atoms with E-state index in [1.54, 1.807) is 30.3 Å². The van der Waals surface area contributed by atoms with Crippen LogP contribution in [-0.4, -0.2) is 4.98 Å². The van der Waals surface area contributed by atoms with E-state index in [4.69, 9.17) is 20.6 Å². The highest BCUT2D eigenvalue weighted by Gasteiger charge is 2.25. The van der Waals surface area contributed by atoms with Gasteiger partial charge in [-0.1, -0.05) is 29.8 Å². The summed E-state index contributed by atoms with van der Waals surface area (Å²) in [7, 11) is -2.32. The van der Waals surface area contributed by atoms with Gasteiger partial charge in [-0.3, -0.25) is 0 Å². The van der Waals surface area contributed by atoms with Crippen LogP contribution < -0.4 is 9.05 Å². The number of halogens is 2. The average Bonchev–Trinajstić information content (AvgIpc) is 2.87. The van der Waals surface area contributed by atoms with Crippen molar-refractivity contribution in [3.63, 3.8) is 0 Å². The van der Waals surface area contributed by atoms with Gasteiger partial charge in [-0.25, -0.2) is 9.05 Å². The number of H-pyrrole nitrogens is 1. The van der Waals surface area contributed by atoms with E-state index < -0.39 is 8.25 Å². The van der Waals surface area contributed by atoms with Crippen molar-refractivity contribution in [3.05, 3.63) is 58.0 Å². The molecule has 1 N–H and O–H groups in total. The number of rotatable bonds is 4. The summed E-state index contributed by atoms with van der Waals surface area (Å²) in [5.41, 5.74) is 0.793. The lowest BCUT2D eigenvalue weighted by atomic mass is 10.2. The van der Waals surface area contributed by atoms with Gasteiger partial charge in [-0.15, -0.1) is 0 Å². The van der Waals surface area contributed by atoms with Crippen LogP contribution in [0.25, 0.3) is 10.9 Å². The molecule has 0 bridgehead atoms. The lowest BCUT2D eigenvalue weighted by Gasteiger charge is -1.95. The fourth-order valence-corrected chi connectivity index (χ4v) is 2.99. The highest BCUT2D eigenvalue weighted by molar-refractivity contribution is 9.10. The van der Waals surface area contributed by atoms with Crippen molar-refractivity contribution in [2.75, 3.05) is 0 Å². The molecule has 0 saturated heterocycles. The Labute approximate surface area is 135 Å². The van der Waals surface area contributed by atoms with Gasteiger partial charge in [0.25, 0.3) is 5.88 Å². The summed E-state index contributed by atoms with van der Waals surface area (Å²) in [5.74, 6) is 0.817. The average molecular weight is 386 g/mol. The maximum absolute atomic E-state index is 11.9. The molecular formula is C14H9BrClNO3P+. The zero-order valence-electron chi connectivity index (χ0n) is 10.5. The highest BCUT2D eigenvalue weighted by Crippen LogP contribution is 2.36. The molecule has 0 spiro atoms. The van der Waals surface area contributed by atoms with E-state index in [1.807, 2.05) is 18.2 Å². The number of hydrogen-bond donors (Lipinski definition) is 1. The molecule has 1 heterocycles. The maximum Gasteiger partial charge on any atom is 0.807 e. The Balaban J connectivity index is 1.79. The molecule has 0 aliphatic heterocycles. The molecule has 1 atom stereocenters. The van der Waals surface area contributed by atoms with E-state index in [-0.39, 0.29) is 0 Å². The number of aromatic amines is 1. The molecular weight excluding hydrogens is 376 g/mol. The molecule has 1 aromatic heterocycles. The number of hydrogen-bond acceptors (Lipinski definition) is 3. The van der Waals surface area contributed by atoms with Crippen molar-refractivity contribution < 1.29 is 13.6 Å². The third-order valence-corrected chi connectivity index (χ3v) is 4.76. The number of nitrogens with one attached hydrogen (secondary N) is 1. The van der Waals surface area contributed by atoms with Crippen LogP contribution in [0.2, 0.25) is 5.02 Å². The molecule has 2 aromatic carbocycles. The van der Waals surface area contributed by atoms with Gasteiger partial charge in [0.05, 0.1) is 10.5 Å². The summed E-state index contributed by atoms with van der Waals surface area (Å²) < 4.78 is 23.1. The monoisotopic (exact) mass is 384 g/mol. The van der Waals surface area contributed by atoms with E-state index in [0.717, 1.165) is 15.4 Å². The first-order valence-electron chi connectivity index (χ1n) is 5.98. The van der Waals surface area contributed by atoms with Crippen molar-refractivity contribution in [2.24, 2.45) is 0 Å². The van der Waals surface area contributed by atoms with Crippen molar-refractivity contribution in [1.29, 1.82) is 0 Å². The maximum atomic E-state index is 11.9. The summed E-state index contributed by atoms with van der Waals surface area (Å²) >= 11 is 9.53. The molecule has 3 rings (SSSR count). The van der Waals surface area contributed by atoms with Crippen LogP contribution in [0.5, 0.6) is 11.6 Å². The van der Waals surface area contributed by atoms with Crippen molar-refractivity contribution in [3.8, 4) is 11.6 Å². The molecule has 1 unspecified atom stereocenters. The second-order valence-electron chi connectivity index (χ2n) is 4.18. The van der Waals surface area contributed by atoms with Crippen LogP contribution in [0.4, 0.5) is 0 Å². The van der Waals surface area contributed by atoms with Crippen LogP contribution in [0.1, 0.15) is 0 Å². The van der Waals surface area contributed by atoms with Gasteiger partial charge in [0.1, 0.15) is 0 Å². The predicted molar refractivity (Wildman–Crippen MR) is 86.3 cm³/mol. The van der Waals surface area contributed by atoms with Crippen molar-refractivity contribution >= 4 is 46.7 Å². The van der Waals surface area contributed by atoms with Crippen LogP contribution >= 0.6 is 35.8 Å². The first-order chi connectivity index (χ1) is 10.1. The van der Waals surface area contributed by atoms with Gasteiger partial charge in [0.2, 0.25) is 0 Å². The lowest BCUT2D eigenvalue weighted by molar-refractivity contribution is 0.411. The fourth-order valence-electron chi connectivity index (χ4n) is 1.83. The summed E-state index contributed by atoms with van der Waals surface area (Å²) in [6, 6.07) is 14.2. The van der Waals surface area contributed by atoms with Gasteiger partial charge in [0, 0.05) is 20.5 Å². The van der Waals surface area contributed by atoms with E-state index in [2.05, 4.69) is 20.9 Å². The number of para-hydroxylation sites is 1. The second-order valence-corrected chi connectivity index (χ2v) is 6.22.